The Morgan fingerprint density at radius 2 is 1.91 bits per heavy atom. The number of ketones is 1. The third-order valence-electron chi connectivity index (χ3n) is 5.86. The number of benzene rings is 2. The second-order valence-electron chi connectivity index (χ2n) is 8.22. The minimum absolute atomic E-state index is 0.0500. The van der Waals surface area contributed by atoms with Gasteiger partial charge in [-0.1, -0.05) is 30.0 Å². The van der Waals surface area contributed by atoms with E-state index in [2.05, 4.69) is 4.98 Å². The molecule has 0 aliphatic carbocycles. The van der Waals surface area contributed by atoms with Crippen LogP contribution in [0.2, 0.25) is 0 Å². The summed E-state index contributed by atoms with van der Waals surface area (Å²) in [6.45, 7) is 4.57. The lowest BCUT2D eigenvalue weighted by atomic mass is 10.1. The van der Waals surface area contributed by atoms with Crippen LogP contribution < -0.4 is 5.56 Å². The van der Waals surface area contributed by atoms with Crippen molar-refractivity contribution in [1.29, 1.82) is 0 Å². The molecule has 0 spiro atoms. The molecule has 0 radical (unpaired) electrons. The number of fused-ring (bicyclic) bond motifs is 2. The molecule has 0 aliphatic heterocycles. The number of aromatic amines is 1. The molecular formula is C26H27N3O5S. The van der Waals surface area contributed by atoms with Crippen molar-refractivity contribution in [3.8, 4) is 0 Å². The molecule has 0 bridgehead atoms. The third kappa shape index (κ3) is 4.87. The van der Waals surface area contributed by atoms with Gasteiger partial charge in [-0.25, -0.2) is 9.78 Å². The van der Waals surface area contributed by atoms with Crippen molar-refractivity contribution in [3.05, 3.63) is 69.6 Å². The van der Waals surface area contributed by atoms with Crippen LogP contribution in [0.1, 0.15) is 39.8 Å². The molecule has 0 unspecified atom stereocenters. The van der Waals surface area contributed by atoms with Crippen LogP contribution >= 0.6 is 11.8 Å². The second kappa shape index (κ2) is 10.5. The van der Waals surface area contributed by atoms with E-state index in [-0.39, 0.29) is 11.3 Å². The maximum atomic E-state index is 13.5. The topological polar surface area (TPSA) is 103 Å². The fourth-order valence-corrected chi connectivity index (χ4v) is 5.10. The highest BCUT2D eigenvalue weighted by Crippen LogP contribution is 2.30. The summed E-state index contributed by atoms with van der Waals surface area (Å²) in [5.41, 5.74) is 2.80. The number of H-pyrrole nitrogens is 1. The summed E-state index contributed by atoms with van der Waals surface area (Å²) in [5.74, 6) is -0.559. The minimum Gasteiger partial charge on any atom is -0.465 e. The number of hydrogen-bond acceptors (Lipinski definition) is 7. The maximum Gasteiger partial charge on any atom is 0.337 e. The zero-order valence-electron chi connectivity index (χ0n) is 20.1. The van der Waals surface area contributed by atoms with Crippen LogP contribution in [0.4, 0.5) is 0 Å². The van der Waals surface area contributed by atoms with Crippen LogP contribution in [0.3, 0.4) is 0 Å². The highest BCUT2D eigenvalue weighted by molar-refractivity contribution is 8.00. The molecule has 1 N–H and O–H groups in total. The molecule has 35 heavy (non-hydrogen) atoms. The van der Waals surface area contributed by atoms with Crippen LogP contribution in [0, 0.1) is 6.92 Å². The Balaban J connectivity index is 1.75. The number of ether oxygens (including phenoxy) is 2. The number of hydrogen-bond donors (Lipinski definition) is 1. The number of carbonyl (C=O) groups is 2. The first kappa shape index (κ1) is 24.7. The molecule has 2 heterocycles. The smallest absolute Gasteiger partial charge is 0.337 e. The molecule has 0 saturated heterocycles. The van der Waals surface area contributed by atoms with E-state index in [1.807, 2.05) is 38.1 Å². The first-order valence-electron chi connectivity index (χ1n) is 11.3. The molecule has 8 nitrogen and oxygen atoms in total. The number of thioether (sulfide) groups is 1. The quantitative estimate of drug-likeness (QED) is 0.121. The first-order chi connectivity index (χ1) is 16.8. The molecule has 2 aromatic carbocycles. The van der Waals surface area contributed by atoms with E-state index >= 15 is 0 Å². The molecule has 0 aliphatic rings. The minimum atomic E-state index is -0.509. The standard InChI is InChI=1S/C26H27N3O5S/c1-15-22(18-8-5-6-9-20(18)27-15)23(30)16(2)35-26-28-21-14-17(25(32)34-4)10-11-19(21)24(31)29(26)12-7-13-33-3/h5-6,8-11,14,16,27H,7,12-13H2,1-4H3/t16-/m0/s1. The van der Waals surface area contributed by atoms with E-state index in [9.17, 15) is 14.4 Å². The van der Waals surface area contributed by atoms with E-state index < -0.39 is 11.2 Å². The van der Waals surface area contributed by atoms with Gasteiger partial charge in [0, 0.05) is 42.4 Å². The van der Waals surface area contributed by atoms with Crippen LogP contribution in [-0.2, 0) is 16.0 Å². The number of Topliss-reactive ketones (excluding diaryl/α,β-unsaturated/α-hetero) is 1. The Kier molecular flexibility index (Phi) is 7.37. The van der Waals surface area contributed by atoms with Gasteiger partial charge in [-0.3, -0.25) is 14.2 Å². The van der Waals surface area contributed by atoms with Gasteiger partial charge in [-0.15, -0.1) is 0 Å². The number of carbonyl (C=O) groups excluding carboxylic acids is 2. The maximum absolute atomic E-state index is 13.5. The highest BCUT2D eigenvalue weighted by atomic mass is 32.2. The van der Waals surface area contributed by atoms with E-state index in [0.29, 0.717) is 46.8 Å². The first-order valence-corrected chi connectivity index (χ1v) is 12.1. The van der Waals surface area contributed by atoms with E-state index in [1.165, 1.54) is 18.9 Å². The lowest BCUT2D eigenvalue weighted by Gasteiger charge is -2.16. The number of aryl methyl sites for hydroxylation is 1. The van der Waals surface area contributed by atoms with Gasteiger partial charge < -0.3 is 14.5 Å². The van der Waals surface area contributed by atoms with Gasteiger partial charge in [-0.05, 0) is 44.5 Å². The summed E-state index contributed by atoms with van der Waals surface area (Å²) in [4.78, 5) is 46.8. The molecule has 0 amide bonds. The molecule has 0 saturated carbocycles. The Morgan fingerprint density at radius 1 is 1.14 bits per heavy atom. The average Bonchev–Trinajstić information content (AvgIpc) is 3.20. The van der Waals surface area contributed by atoms with Gasteiger partial charge in [0.25, 0.3) is 5.56 Å². The van der Waals surface area contributed by atoms with Gasteiger partial charge in [0.1, 0.15) is 0 Å². The number of para-hydroxylation sites is 1. The van der Waals surface area contributed by atoms with E-state index in [0.717, 1.165) is 16.6 Å². The van der Waals surface area contributed by atoms with Gasteiger partial charge in [0.15, 0.2) is 10.9 Å². The van der Waals surface area contributed by atoms with Crippen molar-refractivity contribution < 1.29 is 19.1 Å². The van der Waals surface area contributed by atoms with Crippen molar-refractivity contribution >= 4 is 45.3 Å². The van der Waals surface area contributed by atoms with E-state index in [1.54, 1.807) is 29.9 Å². The van der Waals surface area contributed by atoms with Crippen LogP contribution in [0.5, 0.6) is 0 Å². The van der Waals surface area contributed by atoms with Crippen molar-refractivity contribution in [1.82, 2.24) is 14.5 Å². The number of aromatic nitrogens is 3. The number of esters is 1. The average molecular weight is 494 g/mol. The Bertz CT molecular complexity index is 1470. The zero-order valence-corrected chi connectivity index (χ0v) is 20.9. The number of rotatable bonds is 9. The van der Waals surface area contributed by atoms with Gasteiger partial charge in [-0.2, -0.15) is 0 Å². The normalized spacial score (nSPS) is 12.2. The lowest BCUT2D eigenvalue weighted by molar-refractivity contribution is 0.0600. The van der Waals surface area contributed by atoms with Crippen molar-refractivity contribution in [2.24, 2.45) is 0 Å². The summed E-state index contributed by atoms with van der Waals surface area (Å²) in [7, 11) is 2.91. The fraction of sp³-hybridized carbons (Fsp3) is 0.308. The summed E-state index contributed by atoms with van der Waals surface area (Å²) >= 11 is 1.23. The summed E-state index contributed by atoms with van der Waals surface area (Å²) in [6.07, 6.45) is 0.612. The predicted molar refractivity (Wildman–Crippen MR) is 137 cm³/mol. The predicted octanol–water partition coefficient (Wildman–Crippen LogP) is 4.37. The number of methoxy groups -OCH3 is 2. The summed E-state index contributed by atoms with van der Waals surface area (Å²) in [6, 6.07) is 12.4. The molecular weight excluding hydrogens is 466 g/mol. The lowest BCUT2D eigenvalue weighted by Crippen LogP contribution is -2.26. The number of nitrogens with zero attached hydrogens (tertiary/aromatic N) is 2. The fourth-order valence-electron chi connectivity index (χ4n) is 4.11. The van der Waals surface area contributed by atoms with Crippen molar-refractivity contribution in [3.63, 3.8) is 0 Å². The molecule has 182 valence electrons. The van der Waals surface area contributed by atoms with Crippen molar-refractivity contribution in [2.75, 3.05) is 20.8 Å². The number of nitrogens with one attached hydrogen (secondary N) is 1. The largest absolute Gasteiger partial charge is 0.465 e. The summed E-state index contributed by atoms with van der Waals surface area (Å²) in [5, 5.41) is 1.17. The Labute approximate surface area is 206 Å². The monoisotopic (exact) mass is 493 g/mol. The van der Waals surface area contributed by atoms with Gasteiger partial charge >= 0.3 is 5.97 Å². The van der Waals surface area contributed by atoms with Gasteiger partial charge in [0.2, 0.25) is 0 Å². The highest BCUT2D eigenvalue weighted by Gasteiger charge is 2.25. The van der Waals surface area contributed by atoms with E-state index in [4.69, 9.17) is 14.5 Å². The summed E-state index contributed by atoms with van der Waals surface area (Å²) < 4.78 is 11.5. The third-order valence-corrected chi connectivity index (χ3v) is 6.95. The zero-order chi connectivity index (χ0) is 25.1. The van der Waals surface area contributed by atoms with Crippen LogP contribution in [0.15, 0.2) is 52.4 Å². The second-order valence-corrected chi connectivity index (χ2v) is 9.52. The molecule has 1 atom stereocenters. The molecule has 9 heteroatoms. The van der Waals surface area contributed by atoms with Crippen molar-refractivity contribution in [2.45, 2.75) is 37.2 Å². The molecule has 4 rings (SSSR count). The Hall–Kier alpha value is -3.43. The van der Waals surface area contributed by atoms with Gasteiger partial charge in [0.05, 0.1) is 28.8 Å². The SMILES string of the molecule is COCCCn1c(S[C@@H](C)C(=O)c2c(C)[nH]c3ccccc23)nc2cc(C(=O)OC)ccc2c1=O. The van der Waals surface area contributed by atoms with Crippen LogP contribution in [-0.4, -0.2) is 52.4 Å². The molecule has 2 aromatic heterocycles. The van der Waals surface area contributed by atoms with Crippen LogP contribution in [0.25, 0.3) is 21.8 Å². The molecule has 0 fully saturated rings. The molecule has 4 aromatic rings. The Morgan fingerprint density at radius 3 is 2.66 bits per heavy atom.